The van der Waals surface area contributed by atoms with Gasteiger partial charge in [-0.25, -0.2) is 4.99 Å². The Morgan fingerprint density at radius 3 is 2.93 bits per heavy atom. The molecule has 15 heavy (non-hydrogen) atoms. The lowest BCUT2D eigenvalue weighted by molar-refractivity contribution is -0.119. The average Bonchev–Trinajstić information content (AvgIpc) is 2.26. The number of amides is 1. The minimum absolute atomic E-state index is 0.0294. The third kappa shape index (κ3) is 3.23. The van der Waals surface area contributed by atoms with Crippen LogP contribution in [-0.2, 0) is 4.79 Å². The van der Waals surface area contributed by atoms with Crippen molar-refractivity contribution < 1.29 is 4.79 Å². The number of aliphatic imine (C=N–C) groups is 1. The monoisotopic (exact) mass is 207 g/mol. The van der Waals surface area contributed by atoms with Gasteiger partial charge in [0.1, 0.15) is 5.84 Å². The molecule has 1 aliphatic heterocycles. The second-order valence-electron chi connectivity index (χ2n) is 3.41. The predicted molar refractivity (Wildman–Crippen MR) is 61.4 cm³/mol. The number of nitrogens with zero attached hydrogens (tertiary/aromatic N) is 1. The van der Waals surface area contributed by atoms with Crippen molar-refractivity contribution in [2.75, 3.05) is 6.54 Å². The van der Waals surface area contributed by atoms with Crippen molar-refractivity contribution >= 4 is 11.7 Å². The molecule has 0 unspecified atom stereocenters. The van der Waals surface area contributed by atoms with E-state index in [1.165, 1.54) is 5.57 Å². The van der Waals surface area contributed by atoms with Crippen LogP contribution < -0.4 is 10.6 Å². The van der Waals surface area contributed by atoms with Gasteiger partial charge in [0, 0.05) is 6.20 Å². The van der Waals surface area contributed by atoms with Crippen molar-refractivity contribution in [1.82, 2.24) is 10.6 Å². The summed E-state index contributed by atoms with van der Waals surface area (Å²) in [5.41, 5.74) is 1.95. The third-order valence-corrected chi connectivity index (χ3v) is 2.21. The van der Waals surface area contributed by atoms with E-state index >= 15 is 0 Å². The van der Waals surface area contributed by atoms with E-state index in [4.69, 9.17) is 0 Å². The average molecular weight is 207 g/mol. The van der Waals surface area contributed by atoms with Crippen molar-refractivity contribution in [2.24, 2.45) is 4.99 Å². The van der Waals surface area contributed by atoms with Gasteiger partial charge in [0.2, 0.25) is 5.91 Å². The molecule has 0 aromatic heterocycles. The maximum absolute atomic E-state index is 11.1. The Bertz CT molecular complexity index is 340. The molecule has 1 heterocycles. The number of carbonyl (C=O) groups excluding carboxylic acids is 1. The van der Waals surface area contributed by atoms with Crippen LogP contribution in [0.3, 0.4) is 0 Å². The van der Waals surface area contributed by atoms with E-state index < -0.39 is 0 Å². The highest BCUT2D eigenvalue weighted by Crippen LogP contribution is 2.01. The summed E-state index contributed by atoms with van der Waals surface area (Å²) < 4.78 is 0. The van der Waals surface area contributed by atoms with Crippen LogP contribution in [0.15, 0.2) is 28.5 Å². The van der Waals surface area contributed by atoms with Crippen molar-refractivity contribution in [3.8, 4) is 0 Å². The second-order valence-corrected chi connectivity index (χ2v) is 3.41. The Morgan fingerprint density at radius 1 is 1.60 bits per heavy atom. The zero-order chi connectivity index (χ0) is 11.3. The summed E-state index contributed by atoms with van der Waals surface area (Å²) in [4.78, 5) is 15.4. The molecule has 1 fully saturated rings. The van der Waals surface area contributed by atoms with Gasteiger partial charge in [-0.3, -0.25) is 4.79 Å². The molecule has 1 saturated heterocycles. The molecule has 0 spiro atoms. The normalized spacial score (nSPS) is 22.9. The molecule has 1 rings (SSSR count). The third-order valence-electron chi connectivity index (χ3n) is 2.21. The quantitative estimate of drug-likeness (QED) is 0.717. The van der Waals surface area contributed by atoms with Crippen LogP contribution in [0.4, 0.5) is 0 Å². The van der Waals surface area contributed by atoms with Crippen molar-refractivity contribution in [2.45, 2.75) is 27.2 Å². The molecule has 0 saturated carbocycles. The predicted octanol–water partition coefficient (Wildman–Crippen LogP) is 1.32. The molecular formula is C11H17N3O. The Morgan fingerprint density at radius 2 is 2.33 bits per heavy atom. The minimum Gasteiger partial charge on any atom is -0.359 e. The van der Waals surface area contributed by atoms with E-state index in [9.17, 15) is 4.79 Å². The summed E-state index contributed by atoms with van der Waals surface area (Å²) in [7, 11) is 0. The zero-order valence-corrected chi connectivity index (χ0v) is 9.42. The first-order valence-electron chi connectivity index (χ1n) is 5.11. The van der Waals surface area contributed by atoms with E-state index in [0.29, 0.717) is 0 Å². The highest BCUT2D eigenvalue weighted by atomic mass is 16.2. The van der Waals surface area contributed by atoms with Crippen LogP contribution in [0.1, 0.15) is 27.2 Å². The number of amidine groups is 1. The SMILES string of the molecule is C/C=C1/NC(=O)CN/C1=N/C=C(\C)CC. The van der Waals surface area contributed by atoms with Gasteiger partial charge in [-0.2, -0.15) is 0 Å². The standard InChI is InChI=1S/C11H17N3O/c1-4-8(3)6-12-11-9(5-2)14-10(15)7-13-11/h5-6H,4,7H2,1-3H3,(H,12,13)(H,14,15)/b8-6+,9-5+. The first-order valence-corrected chi connectivity index (χ1v) is 5.11. The number of hydrogen-bond acceptors (Lipinski definition) is 2. The van der Waals surface area contributed by atoms with Gasteiger partial charge in [-0.15, -0.1) is 0 Å². The van der Waals surface area contributed by atoms with Gasteiger partial charge in [-0.05, 0) is 20.3 Å². The van der Waals surface area contributed by atoms with Gasteiger partial charge < -0.3 is 10.6 Å². The van der Waals surface area contributed by atoms with E-state index in [1.54, 1.807) is 0 Å². The molecule has 2 N–H and O–H groups in total. The zero-order valence-electron chi connectivity index (χ0n) is 9.42. The highest BCUT2D eigenvalue weighted by molar-refractivity contribution is 6.06. The van der Waals surface area contributed by atoms with Crippen LogP contribution in [0.5, 0.6) is 0 Å². The lowest BCUT2D eigenvalue weighted by Gasteiger charge is -2.19. The molecule has 0 radical (unpaired) electrons. The fourth-order valence-electron chi connectivity index (χ4n) is 1.10. The smallest absolute Gasteiger partial charge is 0.243 e. The summed E-state index contributed by atoms with van der Waals surface area (Å²) in [6.07, 6.45) is 4.63. The molecule has 1 aliphatic rings. The number of hydrogen-bond donors (Lipinski definition) is 2. The van der Waals surface area contributed by atoms with Crippen LogP contribution in [-0.4, -0.2) is 18.3 Å². The maximum Gasteiger partial charge on any atom is 0.243 e. The van der Waals surface area contributed by atoms with Gasteiger partial charge in [-0.1, -0.05) is 18.6 Å². The molecule has 0 aromatic carbocycles. The second kappa shape index (κ2) is 5.34. The fourth-order valence-corrected chi connectivity index (χ4v) is 1.10. The first kappa shape index (κ1) is 11.5. The molecule has 4 heteroatoms. The van der Waals surface area contributed by atoms with Crippen LogP contribution in [0.2, 0.25) is 0 Å². The number of carbonyl (C=O) groups is 1. The lowest BCUT2D eigenvalue weighted by Crippen LogP contribution is -2.47. The molecule has 0 aromatic rings. The van der Waals surface area contributed by atoms with Crippen LogP contribution in [0, 0.1) is 0 Å². The molecule has 0 atom stereocenters. The van der Waals surface area contributed by atoms with Crippen LogP contribution in [0.25, 0.3) is 0 Å². The summed E-state index contributed by atoms with van der Waals surface area (Å²) >= 11 is 0. The van der Waals surface area contributed by atoms with E-state index in [1.807, 2.05) is 26.1 Å². The Hall–Kier alpha value is -1.58. The lowest BCUT2D eigenvalue weighted by atomic mass is 10.2. The number of allylic oxidation sites excluding steroid dienone is 2. The van der Waals surface area contributed by atoms with E-state index in [-0.39, 0.29) is 12.5 Å². The highest BCUT2D eigenvalue weighted by Gasteiger charge is 2.16. The number of piperazine rings is 1. The fraction of sp³-hybridized carbons (Fsp3) is 0.455. The summed E-state index contributed by atoms with van der Waals surface area (Å²) in [6, 6.07) is 0. The largest absolute Gasteiger partial charge is 0.359 e. The van der Waals surface area contributed by atoms with Gasteiger partial charge in [0.25, 0.3) is 0 Å². The summed E-state index contributed by atoms with van der Waals surface area (Å²) in [6.45, 7) is 6.27. The van der Waals surface area contributed by atoms with E-state index in [0.717, 1.165) is 18.0 Å². The van der Waals surface area contributed by atoms with E-state index in [2.05, 4.69) is 22.5 Å². The van der Waals surface area contributed by atoms with Gasteiger partial charge in [0.05, 0.1) is 12.2 Å². The van der Waals surface area contributed by atoms with Crippen LogP contribution >= 0.6 is 0 Å². The van der Waals surface area contributed by atoms with Crippen molar-refractivity contribution in [3.63, 3.8) is 0 Å². The Balaban J connectivity index is 2.81. The van der Waals surface area contributed by atoms with Gasteiger partial charge >= 0.3 is 0 Å². The molecule has 4 nitrogen and oxygen atoms in total. The minimum atomic E-state index is -0.0294. The number of nitrogens with one attached hydrogen (secondary N) is 2. The topological polar surface area (TPSA) is 53.5 Å². The van der Waals surface area contributed by atoms with Crippen molar-refractivity contribution in [1.29, 1.82) is 0 Å². The molecule has 1 amide bonds. The van der Waals surface area contributed by atoms with Crippen molar-refractivity contribution in [3.05, 3.63) is 23.5 Å². The number of rotatable bonds is 2. The maximum atomic E-state index is 11.1. The Labute approximate surface area is 90.2 Å². The Kier molecular flexibility index (Phi) is 4.09. The molecule has 82 valence electrons. The first-order chi connectivity index (χ1) is 7.17. The molecule has 0 bridgehead atoms. The molecular weight excluding hydrogens is 190 g/mol. The molecule has 0 aliphatic carbocycles. The summed E-state index contributed by atoms with van der Waals surface area (Å²) in [5, 5.41) is 5.73. The van der Waals surface area contributed by atoms with Gasteiger partial charge in [0.15, 0.2) is 0 Å². The summed E-state index contributed by atoms with van der Waals surface area (Å²) in [5.74, 6) is 0.697.